The maximum Gasteiger partial charge on any atom is 0.222 e. The molecule has 6 nitrogen and oxygen atoms in total. The number of piperidine rings is 1. The first-order chi connectivity index (χ1) is 13.7. The summed E-state index contributed by atoms with van der Waals surface area (Å²) in [5, 5.41) is 7.02. The molecule has 2 aliphatic heterocycles. The van der Waals surface area contributed by atoms with Crippen LogP contribution >= 0.6 is 0 Å². The molecule has 2 N–H and O–H groups in total. The minimum absolute atomic E-state index is 0.276. The Morgan fingerprint density at radius 3 is 2.68 bits per heavy atom. The Kier molecular flexibility index (Phi) is 7.71. The molecular weight excluding hydrogens is 350 g/mol. The van der Waals surface area contributed by atoms with Crippen molar-refractivity contribution < 1.29 is 4.79 Å². The molecule has 0 spiro atoms. The zero-order valence-corrected chi connectivity index (χ0v) is 17.4. The molecule has 0 bridgehead atoms. The Bertz CT molecular complexity index is 667. The average Bonchev–Trinajstić information content (AvgIpc) is 3.11. The van der Waals surface area contributed by atoms with Gasteiger partial charge in [-0.25, -0.2) is 0 Å². The van der Waals surface area contributed by atoms with Crippen LogP contribution in [0.25, 0.3) is 0 Å². The number of nitrogens with one attached hydrogen (secondary N) is 2. The Morgan fingerprint density at radius 1 is 1.21 bits per heavy atom. The van der Waals surface area contributed by atoms with E-state index in [1.54, 1.807) is 0 Å². The van der Waals surface area contributed by atoms with Crippen molar-refractivity contribution in [2.75, 3.05) is 33.2 Å². The van der Waals surface area contributed by atoms with Gasteiger partial charge in [0.2, 0.25) is 5.91 Å². The van der Waals surface area contributed by atoms with Crippen LogP contribution in [0.5, 0.6) is 0 Å². The number of hydrogen-bond donors (Lipinski definition) is 2. The SMILES string of the molecule is CCCN1CCC(NC(=NC)NCc2cccc(CN3CCCC3=O)c2)CC1. The van der Waals surface area contributed by atoms with Crippen LogP contribution in [0.3, 0.4) is 0 Å². The summed E-state index contributed by atoms with van der Waals surface area (Å²) in [5.41, 5.74) is 2.41. The van der Waals surface area contributed by atoms with Gasteiger partial charge in [0, 0.05) is 52.2 Å². The normalized spacial score (nSPS) is 19.3. The van der Waals surface area contributed by atoms with Gasteiger partial charge in [0.25, 0.3) is 0 Å². The fraction of sp³-hybridized carbons (Fsp3) is 0.636. The molecule has 0 unspecified atom stereocenters. The highest BCUT2D eigenvalue weighted by Crippen LogP contribution is 2.15. The van der Waals surface area contributed by atoms with Crippen LogP contribution in [0.15, 0.2) is 29.3 Å². The number of carbonyl (C=O) groups is 1. The number of rotatable bonds is 7. The Hall–Kier alpha value is -2.08. The lowest BCUT2D eigenvalue weighted by atomic mass is 10.1. The molecule has 0 atom stereocenters. The topological polar surface area (TPSA) is 60.0 Å². The predicted octanol–water partition coefficient (Wildman–Crippen LogP) is 2.35. The lowest BCUT2D eigenvalue weighted by Gasteiger charge is -2.32. The smallest absolute Gasteiger partial charge is 0.222 e. The summed E-state index contributed by atoms with van der Waals surface area (Å²) in [5.74, 6) is 1.15. The summed E-state index contributed by atoms with van der Waals surface area (Å²) in [4.78, 5) is 20.7. The molecule has 0 saturated carbocycles. The van der Waals surface area contributed by atoms with Crippen LogP contribution in [0, 0.1) is 0 Å². The molecule has 28 heavy (non-hydrogen) atoms. The van der Waals surface area contributed by atoms with Crippen molar-refractivity contribution in [3.05, 3.63) is 35.4 Å². The molecular formula is C22H35N5O. The third kappa shape index (κ3) is 5.96. The van der Waals surface area contributed by atoms with Gasteiger partial charge >= 0.3 is 0 Å². The number of nitrogens with zero attached hydrogens (tertiary/aromatic N) is 3. The molecule has 1 aromatic rings. The van der Waals surface area contributed by atoms with Gasteiger partial charge in [0.1, 0.15) is 0 Å². The molecule has 0 aromatic heterocycles. The highest BCUT2D eigenvalue weighted by Gasteiger charge is 2.20. The largest absolute Gasteiger partial charge is 0.354 e. The van der Waals surface area contributed by atoms with Gasteiger partial charge in [0.05, 0.1) is 0 Å². The number of amides is 1. The quantitative estimate of drug-likeness (QED) is 0.559. The minimum Gasteiger partial charge on any atom is -0.354 e. The number of likely N-dealkylation sites (tertiary alicyclic amines) is 2. The summed E-state index contributed by atoms with van der Waals surface area (Å²) >= 11 is 0. The van der Waals surface area contributed by atoms with Gasteiger partial charge < -0.3 is 20.4 Å². The first kappa shape index (κ1) is 20.6. The lowest BCUT2D eigenvalue weighted by Crippen LogP contribution is -2.48. The van der Waals surface area contributed by atoms with Crippen LogP contribution in [0.4, 0.5) is 0 Å². The second-order valence-electron chi connectivity index (χ2n) is 7.92. The van der Waals surface area contributed by atoms with Crippen LogP contribution in [0.2, 0.25) is 0 Å². The zero-order chi connectivity index (χ0) is 19.8. The number of hydrogen-bond acceptors (Lipinski definition) is 3. The van der Waals surface area contributed by atoms with Crippen molar-refractivity contribution in [2.45, 2.75) is 58.2 Å². The fourth-order valence-corrected chi connectivity index (χ4v) is 4.12. The van der Waals surface area contributed by atoms with E-state index >= 15 is 0 Å². The first-order valence-corrected chi connectivity index (χ1v) is 10.7. The van der Waals surface area contributed by atoms with Crippen molar-refractivity contribution in [1.82, 2.24) is 20.4 Å². The van der Waals surface area contributed by atoms with Gasteiger partial charge in [0.15, 0.2) is 5.96 Å². The summed E-state index contributed by atoms with van der Waals surface area (Å²) in [6, 6.07) is 8.99. The summed E-state index contributed by atoms with van der Waals surface area (Å²) in [6.07, 6.45) is 5.24. The van der Waals surface area contributed by atoms with Gasteiger partial charge in [-0.05, 0) is 43.4 Å². The van der Waals surface area contributed by atoms with E-state index in [4.69, 9.17) is 0 Å². The van der Waals surface area contributed by atoms with Crippen LogP contribution in [-0.2, 0) is 17.9 Å². The minimum atomic E-state index is 0.276. The fourth-order valence-electron chi connectivity index (χ4n) is 4.12. The second kappa shape index (κ2) is 10.5. The molecule has 0 radical (unpaired) electrons. The Labute approximate surface area is 169 Å². The third-order valence-corrected chi connectivity index (χ3v) is 5.69. The summed E-state index contributed by atoms with van der Waals surface area (Å²) < 4.78 is 0. The highest BCUT2D eigenvalue weighted by molar-refractivity contribution is 5.80. The van der Waals surface area contributed by atoms with Crippen molar-refractivity contribution in [2.24, 2.45) is 4.99 Å². The molecule has 1 amide bonds. The van der Waals surface area contributed by atoms with Crippen molar-refractivity contribution in [1.29, 1.82) is 0 Å². The second-order valence-corrected chi connectivity index (χ2v) is 7.92. The number of guanidine groups is 1. The van der Waals surface area contributed by atoms with Gasteiger partial charge in [-0.1, -0.05) is 31.2 Å². The van der Waals surface area contributed by atoms with E-state index in [1.165, 1.54) is 50.0 Å². The molecule has 0 aliphatic carbocycles. The zero-order valence-electron chi connectivity index (χ0n) is 17.4. The lowest BCUT2D eigenvalue weighted by molar-refractivity contribution is -0.128. The van der Waals surface area contributed by atoms with E-state index in [9.17, 15) is 4.79 Å². The number of aliphatic imine (C=N–C) groups is 1. The van der Waals surface area contributed by atoms with Crippen LogP contribution in [-0.4, -0.2) is 60.9 Å². The van der Waals surface area contributed by atoms with E-state index in [-0.39, 0.29) is 5.91 Å². The maximum atomic E-state index is 11.8. The van der Waals surface area contributed by atoms with Crippen LogP contribution in [0.1, 0.15) is 50.2 Å². The molecule has 2 aliphatic rings. The van der Waals surface area contributed by atoms with Crippen molar-refractivity contribution in [3.8, 4) is 0 Å². The number of benzene rings is 1. The first-order valence-electron chi connectivity index (χ1n) is 10.7. The van der Waals surface area contributed by atoms with E-state index in [1.807, 2.05) is 11.9 Å². The standard InChI is InChI=1S/C22H35N5O/c1-3-11-26-13-9-20(10-14-26)25-22(23-2)24-16-18-6-4-7-19(15-18)17-27-12-5-8-21(27)28/h4,6-7,15,20H,3,5,8-14,16-17H2,1-2H3,(H2,23,24,25). The van der Waals surface area contributed by atoms with Crippen LogP contribution < -0.4 is 10.6 Å². The molecule has 2 fully saturated rings. The molecule has 1 aromatic carbocycles. The highest BCUT2D eigenvalue weighted by atomic mass is 16.2. The predicted molar refractivity (Wildman–Crippen MR) is 114 cm³/mol. The number of carbonyl (C=O) groups excluding carboxylic acids is 1. The monoisotopic (exact) mass is 385 g/mol. The van der Waals surface area contributed by atoms with Gasteiger partial charge in [-0.15, -0.1) is 0 Å². The molecule has 6 heteroatoms. The van der Waals surface area contributed by atoms with E-state index < -0.39 is 0 Å². The molecule has 154 valence electrons. The summed E-state index contributed by atoms with van der Waals surface area (Å²) in [6.45, 7) is 8.12. The maximum absolute atomic E-state index is 11.8. The van der Waals surface area contributed by atoms with E-state index in [2.05, 4.69) is 51.7 Å². The van der Waals surface area contributed by atoms with Gasteiger partial charge in [-0.3, -0.25) is 9.79 Å². The van der Waals surface area contributed by atoms with E-state index in [0.717, 1.165) is 32.0 Å². The third-order valence-electron chi connectivity index (χ3n) is 5.69. The van der Waals surface area contributed by atoms with Crippen molar-refractivity contribution in [3.63, 3.8) is 0 Å². The molecule has 2 heterocycles. The van der Waals surface area contributed by atoms with Gasteiger partial charge in [-0.2, -0.15) is 0 Å². The van der Waals surface area contributed by atoms with Crippen molar-refractivity contribution >= 4 is 11.9 Å². The summed E-state index contributed by atoms with van der Waals surface area (Å²) in [7, 11) is 1.83. The Morgan fingerprint density at radius 2 is 2.00 bits per heavy atom. The van der Waals surface area contributed by atoms with E-state index in [0.29, 0.717) is 12.5 Å². The molecule has 3 rings (SSSR count). The molecule has 2 saturated heterocycles. The average molecular weight is 386 g/mol. The Balaban J connectivity index is 1.46.